The lowest BCUT2D eigenvalue weighted by Crippen LogP contribution is -2.19. The lowest BCUT2D eigenvalue weighted by molar-refractivity contribution is -0.116. The van der Waals surface area contributed by atoms with Crippen molar-refractivity contribution in [3.05, 3.63) is 36.1 Å². The zero-order chi connectivity index (χ0) is 10.4. The standard InChI is InChI=1S/C9H9ClN2OS/c1-11-9(13)7-3-2-4-8(14-10)12-6-5-7/h2-6H,1H3,(H,11,13)/b3-2?,4-2-,6-5?,7-3?,7-5?,8-4?,12-6?,12-8?. The summed E-state index contributed by atoms with van der Waals surface area (Å²) < 4.78 is 0. The van der Waals surface area contributed by atoms with Crippen LogP contribution in [0.15, 0.2) is 41.1 Å². The fourth-order valence-electron chi connectivity index (χ4n) is 0.865. The van der Waals surface area contributed by atoms with Crippen molar-refractivity contribution < 1.29 is 4.79 Å². The van der Waals surface area contributed by atoms with E-state index in [1.807, 2.05) is 0 Å². The fourth-order valence-corrected chi connectivity index (χ4v) is 1.37. The van der Waals surface area contributed by atoms with Gasteiger partial charge in [-0.25, -0.2) is 4.99 Å². The molecule has 0 radical (unpaired) electrons. The predicted octanol–water partition coefficient (Wildman–Crippen LogP) is 2.03. The number of amides is 1. The first-order chi connectivity index (χ1) is 6.77. The summed E-state index contributed by atoms with van der Waals surface area (Å²) in [5.74, 6) is -0.136. The number of hydrogen-bond acceptors (Lipinski definition) is 3. The Labute approximate surface area is 91.1 Å². The summed E-state index contributed by atoms with van der Waals surface area (Å²) in [5, 5.41) is 3.23. The molecule has 1 amide bonds. The lowest BCUT2D eigenvalue weighted by Gasteiger charge is -2.00. The normalized spacial score (nSPS) is 17.6. The number of aliphatic imine (C=N–C) groups is 1. The third kappa shape index (κ3) is 3.05. The summed E-state index contributed by atoms with van der Waals surface area (Å²) >= 11 is 0. The van der Waals surface area contributed by atoms with Gasteiger partial charge >= 0.3 is 0 Å². The van der Waals surface area contributed by atoms with E-state index in [2.05, 4.69) is 10.3 Å². The number of allylic oxidation sites excluding steroid dienone is 2. The van der Waals surface area contributed by atoms with Crippen LogP contribution >= 0.6 is 21.7 Å². The number of nitrogens with one attached hydrogen (secondary N) is 1. The Morgan fingerprint density at radius 1 is 1.57 bits per heavy atom. The topological polar surface area (TPSA) is 41.5 Å². The number of rotatable bonds is 1. The minimum atomic E-state index is -0.136. The maximum atomic E-state index is 11.2. The maximum absolute atomic E-state index is 11.2. The van der Waals surface area contributed by atoms with Crippen LogP contribution in [0, 0.1) is 0 Å². The Morgan fingerprint density at radius 2 is 2.36 bits per heavy atom. The van der Waals surface area contributed by atoms with Crippen LogP contribution < -0.4 is 5.32 Å². The van der Waals surface area contributed by atoms with Crippen molar-refractivity contribution in [3.8, 4) is 0 Å². The molecule has 0 fully saturated rings. The number of hydrogen-bond donors (Lipinski definition) is 1. The molecule has 0 saturated carbocycles. The second kappa shape index (κ2) is 5.67. The van der Waals surface area contributed by atoms with Crippen LogP contribution in [-0.4, -0.2) is 18.0 Å². The second-order valence-corrected chi connectivity index (χ2v) is 3.46. The van der Waals surface area contributed by atoms with E-state index in [0.29, 0.717) is 10.6 Å². The molecule has 1 rings (SSSR count). The van der Waals surface area contributed by atoms with Crippen LogP contribution in [0.1, 0.15) is 0 Å². The number of carbonyl (C=O) groups excluding carboxylic acids is 1. The molecule has 1 aliphatic heterocycles. The molecule has 5 heteroatoms. The van der Waals surface area contributed by atoms with Gasteiger partial charge in [-0.2, -0.15) is 0 Å². The van der Waals surface area contributed by atoms with E-state index in [-0.39, 0.29) is 5.91 Å². The van der Waals surface area contributed by atoms with Crippen molar-refractivity contribution in [1.29, 1.82) is 0 Å². The zero-order valence-corrected chi connectivity index (χ0v) is 9.10. The molecule has 0 saturated heterocycles. The van der Waals surface area contributed by atoms with E-state index in [9.17, 15) is 4.79 Å². The molecule has 74 valence electrons. The highest BCUT2D eigenvalue weighted by Gasteiger charge is 2.02. The van der Waals surface area contributed by atoms with Crippen molar-refractivity contribution >= 4 is 32.6 Å². The van der Waals surface area contributed by atoms with Gasteiger partial charge in [0.1, 0.15) is 5.04 Å². The van der Waals surface area contributed by atoms with Crippen LogP contribution in [0.4, 0.5) is 0 Å². The fraction of sp³-hybridized carbons (Fsp3) is 0.111. The van der Waals surface area contributed by atoms with Crippen LogP contribution in [-0.2, 0) is 4.79 Å². The molecular weight excluding hydrogens is 220 g/mol. The highest BCUT2D eigenvalue weighted by Crippen LogP contribution is 2.13. The van der Waals surface area contributed by atoms with Crippen LogP contribution in [0.2, 0.25) is 0 Å². The highest BCUT2D eigenvalue weighted by atomic mass is 35.7. The third-order valence-electron chi connectivity index (χ3n) is 1.54. The van der Waals surface area contributed by atoms with Crippen molar-refractivity contribution in [2.45, 2.75) is 0 Å². The van der Waals surface area contributed by atoms with E-state index in [0.717, 1.165) is 11.0 Å². The van der Waals surface area contributed by atoms with Crippen molar-refractivity contribution in [3.63, 3.8) is 0 Å². The van der Waals surface area contributed by atoms with Crippen LogP contribution in [0.5, 0.6) is 0 Å². The van der Waals surface area contributed by atoms with Gasteiger partial charge in [-0.3, -0.25) is 4.79 Å². The van der Waals surface area contributed by atoms with Gasteiger partial charge in [0, 0.05) is 29.8 Å². The van der Waals surface area contributed by atoms with E-state index >= 15 is 0 Å². The molecular formula is C9H9ClN2OS. The first-order valence-electron chi connectivity index (χ1n) is 3.91. The van der Waals surface area contributed by atoms with Gasteiger partial charge in [0.15, 0.2) is 0 Å². The molecule has 1 N–H and O–H groups in total. The monoisotopic (exact) mass is 228 g/mol. The van der Waals surface area contributed by atoms with Crippen molar-refractivity contribution in [2.24, 2.45) is 4.99 Å². The minimum absolute atomic E-state index is 0.136. The number of likely N-dealkylation sites (N-methyl/N-ethyl adjacent to an activating group) is 1. The summed E-state index contributed by atoms with van der Waals surface area (Å²) in [5.41, 5.74) is 0.561. The Bertz CT molecular complexity index is 345. The zero-order valence-electron chi connectivity index (χ0n) is 7.53. The molecule has 1 aliphatic rings. The van der Waals surface area contributed by atoms with Crippen LogP contribution in [0.25, 0.3) is 0 Å². The Hall–Kier alpha value is -1.00. The molecule has 0 aliphatic carbocycles. The summed E-state index contributed by atoms with van der Waals surface area (Å²) in [4.78, 5) is 15.3. The van der Waals surface area contributed by atoms with Gasteiger partial charge in [0.05, 0.1) is 0 Å². The first-order valence-corrected chi connectivity index (χ1v) is 5.55. The number of halogens is 1. The van der Waals surface area contributed by atoms with E-state index < -0.39 is 0 Å². The van der Waals surface area contributed by atoms with Gasteiger partial charge in [0.2, 0.25) is 0 Å². The smallest absolute Gasteiger partial charge is 0.251 e. The minimum Gasteiger partial charge on any atom is -0.355 e. The number of nitrogens with zero attached hydrogens (tertiary/aromatic N) is 1. The van der Waals surface area contributed by atoms with Crippen LogP contribution in [0.3, 0.4) is 0 Å². The average molecular weight is 229 g/mol. The van der Waals surface area contributed by atoms with E-state index in [1.165, 1.54) is 0 Å². The van der Waals surface area contributed by atoms with Crippen molar-refractivity contribution in [1.82, 2.24) is 5.32 Å². The summed E-state index contributed by atoms with van der Waals surface area (Å²) in [6.07, 6.45) is 8.37. The largest absolute Gasteiger partial charge is 0.355 e. The molecule has 0 aromatic carbocycles. The van der Waals surface area contributed by atoms with Gasteiger partial charge in [-0.1, -0.05) is 6.08 Å². The van der Waals surface area contributed by atoms with Gasteiger partial charge in [-0.15, -0.1) is 0 Å². The summed E-state index contributed by atoms with van der Waals surface area (Å²) in [6.45, 7) is 0. The Morgan fingerprint density at radius 3 is 3.00 bits per heavy atom. The third-order valence-corrected chi connectivity index (χ3v) is 2.41. The quantitative estimate of drug-likeness (QED) is 0.746. The molecule has 0 bridgehead atoms. The molecule has 0 aromatic heterocycles. The maximum Gasteiger partial charge on any atom is 0.251 e. The molecule has 0 atom stereocenters. The highest BCUT2D eigenvalue weighted by molar-refractivity contribution is 8.33. The van der Waals surface area contributed by atoms with Gasteiger partial charge in [-0.05, 0) is 28.9 Å². The summed E-state index contributed by atoms with van der Waals surface area (Å²) in [7, 11) is 8.16. The second-order valence-electron chi connectivity index (χ2n) is 2.42. The molecule has 0 unspecified atom stereocenters. The Balaban J connectivity index is 2.83. The van der Waals surface area contributed by atoms with Gasteiger partial charge in [0.25, 0.3) is 5.91 Å². The lowest BCUT2D eigenvalue weighted by atomic mass is 10.2. The average Bonchev–Trinajstić information content (AvgIpc) is 2.17. The van der Waals surface area contributed by atoms with E-state index in [4.69, 9.17) is 10.7 Å². The predicted molar refractivity (Wildman–Crippen MR) is 61.3 cm³/mol. The van der Waals surface area contributed by atoms with Crippen molar-refractivity contribution in [2.75, 3.05) is 7.05 Å². The SMILES string of the molecule is CNC(=O)C1=C/C=C\C(SCl)=NC=C1. The first kappa shape index (κ1) is 11.1. The molecule has 14 heavy (non-hydrogen) atoms. The molecule has 0 spiro atoms. The molecule has 1 heterocycles. The Kier molecular flexibility index (Phi) is 4.49. The van der Waals surface area contributed by atoms with Gasteiger partial charge < -0.3 is 5.32 Å². The summed E-state index contributed by atoms with van der Waals surface area (Å²) in [6, 6.07) is 0. The number of carbonyl (C=O) groups is 1. The molecule has 3 nitrogen and oxygen atoms in total. The molecule has 0 aromatic rings. The van der Waals surface area contributed by atoms with E-state index in [1.54, 1.807) is 37.6 Å².